The molecule has 0 unspecified atom stereocenters. The first kappa shape index (κ1) is 18.2. The summed E-state index contributed by atoms with van der Waals surface area (Å²) in [6, 6.07) is 4.48. The molecule has 1 N–H and O–H groups in total. The van der Waals surface area contributed by atoms with Crippen LogP contribution in [-0.2, 0) is 9.31 Å². The number of aryl methyl sites for hydroxylation is 3. The molecule has 4 heteroatoms. The molecule has 0 spiro atoms. The largest absolute Gasteiger partial charge is 0.491 e. The second kappa shape index (κ2) is 6.42. The molecule has 23 heavy (non-hydrogen) atoms. The molecule has 1 aliphatic heterocycles. The van der Waals surface area contributed by atoms with Gasteiger partial charge in [0.2, 0.25) is 0 Å². The van der Waals surface area contributed by atoms with Crippen LogP contribution < -0.4 is 5.32 Å². The second-order valence-corrected chi connectivity index (χ2v) is 7.63. The smallest absolute Gasteiger partial charge is 0.400 e. The summed E-state index contributed by atoms with van der Waals surface area (Å²) < 4.78 is 12.4. The third kappa shape index (κ3) is 3.71. The van der Waals surface area contributed by atoms with E-state index in [2.05, 4.69) is 72.0 Å². The molecule has 0 atom stereocenters. The molecule has 0 aliphatic carbocycles. The van der Waals surface area contributed by atoms with E-state index in [4.69, 9.17) is 9.31 Å². The van der Waals surface area contributed by atoms with E-state index < -0.39 is 0 Å². The fourth-order valence-corrected chi connectivity index (χ4v) is 2.74. The minimum absolute atomic E-state index is 0.312. The van der Waals surface area contributed by atoms with Crippen molar-refractivity contribution in [2.75, 3.05) is 13.6 Å². The quantitative estimate of drug-likeness (QED) is 0.856. The molecule has 1 saturated heterocycles. The number of likely N-dealkylation sites (N-methyl/N-ethyl adjacent to an activating group) is 1. The fraction of sp³-hybridized carbons (Fsp3) is 0.579. The maximum Gasteiger partial charge on any atom is 0.491 e. The SMILES string of the molecule is CNCC(=Cc1cc(C)c(C)cc1C)B1OC(C)(C)C(C)(C)O1. The molecule has 1 aromatic rings. The van der Waals surface area contributed by atoms with Gasteiger partial charge in [0.1, 0.15) is 0 Å². The van der Waals surface area contributed by atoms with E-state index in [-0.39, 0.29) is 18.3 Å². The molecule has 126 valence electrons. The van der Waals surface area contributed by atoms with Crippen LogP contribution in [0.4, 0.5) is 0 Å². The molecule has 0 radical (unpaired) electrons. The van der Waals surface area contributed by atoms with Crippen molar-refractivity contribution in [2.24, 2.45) is 0 Å². The van der Waals surface area contributed by atoms with Crippen molar-refractivity contribution < 1.29 is 9.31 Å². The van der Waals surface area contributed by atoms with Crippen LogP contribution in [0.1, 0.15) is 49.9 Å². The predicted molar refractivity (Wildman–Crippen MR) is 98.6 cm³/mol. The van der Waals surface area contributed by atoms with Gasteiger partial charge in [-0.25, -0.2) is 0 Å². The van der Waals surface area contributed by atoms with Crippen molar-refractivity contribution in [2.45, 2.75) is 59.7 Å². The Morgan fingerprint density at radius 3 is 2.04 bits per heavy atom. The van der Waals surface area contributed by atoms with Crippen molar-refractivity contribution in [3.05, 3.63) is 39.9 Å². The van der Waals surface area contributed by atoms with Gasteiger partial charge in [-0.05, 0) is 83.2 Å². The lowest BCUT2D eigenvalue weighted by atomic mass is 9.76. The molecular weight excluding hydrogens is 285 g/mol. The summed E-state index contributed by atoms with van der Waals surface area (Å²) >= 11 is 0. The first-order valence-corrected chi connectivity index (χ1v) is 8.36. The molecule has 1 aromatic carbocycles. The Morgan fingerprint density at radius 1 is 1.00 bits per heavy atom. The highest BCUT2D eigenvalue weighted by atomic mass is 16.7. The summed E-state index contributed by atoms with van der Waals surface area (Å²) in [7, 11) is 1.64. The van der Waals surface area contributed by atoms with Crippen LogP contribution in [0.5, 0.6) is 0 Å². The lowest BCUT2D eigenvalue weighted by Crippen LogP contribution is -2.41. The molecule has 0 saturated carbocycles. The predicted octanol–water partition coefficient (Wildman–Crippen LogP) is 3.85. The van der Waals surface area contributed by atoms with Gasteiger partial charge in [0.05, 0.1) is 11.2 Å². The number of hydrogen-bond donors (Lipinski definition) is 1. The van der Waals surface area contributed by atoms with Gasteiger partial charge in [-0.15, -0.1) is 0 Å². The van der Waals surface area contributed by atoms with Crippen molar-refractivity contribution in [3.63, 3.8) is 0 Å². The standard InChI is InChI=1S/C19H30BNO2/c1-13-9-15(3)16(10-14(13)2)11-17(12-21-8)20-22-18(4,5)19(6,7)23-20/h9-11,21H,12H2,1-8H3. The van der Waals surface area contributed by atoms with Crippen molar-refractivity contribution in [1.82, 2.24) is 5.32 Å². The normalized spacial score (nSPS) is 20.2. The Bertz CT molecular complexity index is 604. The summed E-state index contributed by atoms with van der Waals surface area (Å²) in [5.74, 6) is 0. The molecule has 2 rings (SSSR count). The summed E-state index contributed by atoms with van der Waals surface area (Å²) in [5.41, 5.74) is 5.62. The molecule has 0 bridgehead atoms. The Morgan fingerprint density at radius 2 is 1.52 bits per heavy atom. The van der Waals surface area contributed by atoms with E-state index in [1.54, 1.807) is 0 Å². The minimum atomic E-state index is -0.317. The van der Waals surface area contributed by atoms with Crippen LogP contribution in [0.15, 0.2) is 17.6 Å². The lowest BCUT2D eigenvalue weighted by molar-refractivity contribution is 0.00578. The summed E-state index contributed by atoms with van der Waals surface area (Å²) in [5, 5.41) is 3.24. The van der Waals surface area contributed by atoms with E-state index in [1.165, 1.54) is 22.3 Å². The van der Waals surface area contributed by atoms with Crippen LogP contribution in [-0.4, -0.2) is 31.9 Å². The summed E-state index contributed by atoms with van der Waals surface area (Å²) in [6.07, 6.45) is 2.21. The molecule has 3 nitrogen and oxygen atoms in total. The summed E-state index contributed by atoms with van der Waals surface area (Å²) in [6.45, 7) is 15.5. The van der Waals surface area contributed by atoms with Gasteiger partial charge in [0, 0.05) is 6.54 Å². The van der Waals surface area contributed by atoms with Gasteiger partial charge < -0.3 is 14.6 Å². The highest BCUT2D eigenvalue weighted by molar-refractivity contribution is 6.55. The third-order valence-electron chi connectivity index (χ3n) is 5.16. The zero-order valence-corrected chi connectivity index (χ0v) is 15.8. The van der Waals surface area contributed by atoms with Crippen LogP contribution in [0.25, 0.3) is 6.08 Å². The minimum Gasteiger partial charge on any atom is -0.400 e. The average Bonchev–Trinajstić information content (AvgIpc) is 2.64. The average molecular weight is 315 g/mol. The highest BCUT2D eigenvalue weighted by Crippen LogP contribution is 2.38. The number of nitrogens with one attached hydrogen (secondary N) is 1. The summed E-state index contributed by atoms with van der Waals surface area (Å²) in [4.78, 5) is 0. The zero-order chi connectivity index (χ0) is 17.4. The van der Waals surface area contributed by atoms with Gasteiger partial charge in [-0.3, -0.25) is 0 Å². The monoisotopic (exact) mass is 315 g/mol. The molecule has 0 aromatic heterocycles. The number of benzene rings is 1. The number of rotatable bonds is 4. The van der Waals surface area contributed by atoms with E-state index in [0.29, 0.717) is 0 Å². The van der Waals surface area contributed by atoms with Crippen LogP contribution in [0, 0.1) is 20.8 Å². The first-order chi connectivity index (χ1) is 10.6. The molecule has 0 amide bonds. The van der Waals surface area contributed by atoms with Crippen molar-refractivity contribution in [3.8, 4) is 0 Å². The van der Waals surface area contributed by atoms with Gasteiger partial charge in [0.25, 0.3) is 0 Å². The topological polar surface area (TPSA) is 30.5 Å². The lowest BCUT2D eigenvalue weighted by Gasteiger charge is -2.32. The van der Waals surface area contributed by atoms with Crippen molar-refractivity contribution >= 4 is 13.2 Å². The Hall–Kier alpha value is -1.10. The van der Waals surface area contributed by atoms with E-state index in [0.717, 1.165) is 12.0 Å². The molecule has 1 heterocycles. The van der Waals surface area contributed by atoms with E-state index >= 15 is 0 Å². The maximum absolute atomic E-state index is 6.21. The van der Waals surface area contributed by atoms with Crippen LogP contribution in [0.2, 0.25) is 0 Å². The highest BCUT2D eigenvalue weighted by Gasteiger charge is 2.52. The van der Waals surface area contributed by atoms with Gasteiger partial charge in [0.15, 0.2) is 0 Å². The fourth-order valence-electron chi connectivity index (χ4n) is 2.74. The van der Waals surface area contributed by atoms with Gasteiger partial charge in [-0.2, -0.15) is 0 Å². The maximum atomic E-state index is 6.21. The van der Waals surface area contributed by atoms with E-state index in [9.17, 15) is 0 Å². The van der Waals surface area contributed by atoms with Crippen LogP contribution in [0.3, 0.4) is 0 Å². The van der Waals surface area contributed by atoms with Gasteiger partial charge in [-0.1, -0.05) is 18.2 Å². The molecular formula is C19H30BNO2. The number of hydrogen-bond acceptors (Lipinski definition) is 3. The Labute approximate surface area is 141 Å². The molecule has 1 aliphatic rings. The Balaban J connectivity index is 2.38. The first-order valence-electron chi connectivity index (χ1n) is 8.36. The van der Waals surface area contributed by atoms with Crippen molar-refractivity contribution in [1.29, 1.82) is 0 Å². The third-order valence-corrected chi connectivity index (χ3v) is 5.16. The van der Waals surface area contributed by atoms with E-state index in [1.807, 2.05) is 7.05 Å². The molecule has 1 fully saturated rings. The Kier molecular flexibility index (Phi) is 5.10. The second-order valence-electron chi connectivity index (χ2n) is 7.63. The van der Waals surface area contributed by atoms with Gasteiger partial charge >= 0.3 is 7.12 Å². The van der Waals surface area contributed by atoms with Crippen LogP contribution >= 0.6 is 0 Å². The zero-order valence-electron chi connectivity index (χ0n) is 15.8.